The third kappa shape index (κ3) is 2.97. The third-order valence-electron chi connectivity index (χ3n) is 4.96. The van der Waals surface area contributed by atoms with Crippen LogP contribution in [0.4, 0.5) is 0 Å². The van der Waals surface area contributed by atoms with Gasteiger partial charge in [-0.2, -0.15) is 0 Å². The van der Waals surface area contributed by atoms with Crippen LogP contribution in [0, 0.1) is 0 Å². The molecule has 1 amide bonds. The maximum atomic E-state index is 12.9. The molecule has 1 atom stereocenters. The zero-order chi connectivity index (χ0) is 18.1. The lowest BCUT2D eigenvalue weighted by Gasteiger charge is -2.27. The number of nitrogens with zero attached hydrogens (tertiary/aromatic N) is 2. The van der Waals surface area contributed by atoms with Gasteiger partial charge in [0.1, 0.15) is 0 Å². The van der Waals surface area contributed by atoms with Crippen molar-refractivity contribution in [3.05, 3.63) is 57.9 Å². The Morgan fingerprint density at radius 3 is 2.69 bits per heavy atom. The van der Waals surface area contributed by atoms with Gasteiger partial charge in [0.05, 0.1) is 17.9 Å². The van der Waals surface area contributed by atoms with E-state index in [1.54, 1.807) is 17.0 Å². The highest BCUT2D eigenvalue weighted by molar-refractivity contribution is 7.10. The Morgan fingerprint density at radius 2 is 2.04 bits per heavy atom. The highest BCUT2D eigenvalue weighted by Crippen LogP contribution is 2.40. The molecule has 0 radical (unpaired) electrons. The molecular weight excluding hydrogens is 352 g/mol. The van der Waals surface area contributed by atoms with Crippen molar-refractivity contribution in [1.82, 2.24) is 9.80 Å². The molecule has 1 N–H and O–H groups in total. The van der Waals surface area contributed by atoms with E-state index in [1.165, 1.54) is 30.4 Å². The minimum atomic E-state index is -0.567. The molecule has 136 valence electrons. The molecule has 4 heterocycles. The summed E-state index contributed by atoms with van der Waals surface area (Å²) in [5, 5.41) is 12.4. The van der Waals surface area contributed by atoms with Gasteiger partial charge < -0.3 is 19.3 Å². The summed E-state index contributed by atoms with van der Waals surface area (Å²) in [6.45, 7) is 3.27. The van der Waals surface area contributed by atoms with Crippen molar-refractivity contribution in [2.45, 2.75) is 18.9 Å². The first-order valence-corrected chi connectivity index (χ1v) is 9.63. The Hall–Kier alpha value is -2.38. The molecule has 1 saturated heterocycles. The van der Waals surface area contributed by atoms with Crippen LogP contribution in [0.1, 0.15) is 34.3 Å². The Balaban J connectivity index is 1.65. The number of likely N-dealkylation sites (tertiary alicyclic amines) is 1. The highest BCUT2D eigenvalue weighted by atomic mass is 32.1. The van der Waals surface area contributed by atoms with Gasteiger partial charge in [-0.1, -0.05) is 6.07 Å². The summed E-state index contributed by atoms with van der Waals surface area (Å²) in [5.74, 6) is -1.27. The maximum Gasteiger partial charge on any atom is 0.290 e. The fourth-order valence-electron chi connectivity index (χ4n) is 3.65. The quantitative estimate of drug-likeness (QED) is 0.789. The standard InChI is InChI=1S/C19H20N2O4S/c22-17(13-5-3-11-25-13)15-16(14-6-4-12-26-14)21(19(24)18(15)23)10-9-20-7-1-2-8-20/h3-6,11-12,16,23H,1-2,7-10H2. The van der Waals surface area contributed by atoms with E-state index in [1.807, 2.05) is 17.5 Å². The second kappa shape index (κ2) is 7.09. The van der Waals surface area contributed by atoms with E-state index >= 15 is 0 Å². The molecule has 4 rings (SSSR count). The van der Waals surface area contributed by atoms with Gasteiger partial charge in [-0.25, -0.2) is 0 Å². The third-order valence-corrected chi connectivity index (χ3v) is 5.89. The van der Waals surface area contributed by atoms with Gasteiger partial charge in [0.2, 0.25) is 5.78 Å². The van der Waals surface area contributed by atoms with Crippen molar-refractivity contribution in [3.8, 4) is 0 Å². The second-order valence-corrected chi connectivity index (χ2v) is 7.51. The molecule has 0 spiro atoms. The molecule has 7 heteroatoms. The topological polar surface area (TPSA) is 74.0 Å². The van der Waals surface area contributed by atoms with E-state index < -0.39 is 23.5 Å². The lowest BCUT2D eigenvalue weighted by molar-refractivity contribution is -0.129. The number of carbonyl (C=O) groups is 2. The number of ketones is 1. The van der Waals surface area contributed by atoms with Gasteiger partial charge in [0, 0.05) is 18.0 Å². The molecule has 1 unspecified atom stereocenters. The fourth-order valence-corrected chi connectivity index (χ4v) is 4.50. The van der Waals surface area contributed by atoms with Crippen molar-refractivity contribution in [1.29, 1.82) is 0 Å². The zero-order valence-electron chi connectivity index (χ0n) is 14.3. The normalized spacial score (nSPS) is 21.2. The molecule has 1 fully saturated rings. The van der Waals surface area contributed by atoms with E-state index in [-0.39, 0.29) is 11.3 Å². The number of furan rings is 1. The number of aliphatic hydroxyl groups is 1. The molecule has 26 heavy (non-hydrogen) atoms. The Kier molecular flexibility index (Phi) is 4.65. The molecule has 0 aromatic carbocycles. The summed E-state index contributed by atoms with van der Waals surface area (Å²) < 4.78 is 5.20. The molecule has 2 aliphatic heterocycles. The molecule has 0 bridgehead atoms. The van der Waals surface area contributed by atoms with Crippen LogP contribution in [0.2, 0.25) is 0 Å². The minimum Gasteiger partial charge on any atom is -0.503 e. The Morgan fingerprint density at radius 1 is 1.23 bits per heavy atom. The Labute approximate surface area is 155 Å². The van der Waals surface area contributed by atoms with Gasteiger partial charge in [-0.05, 0) is 49.5 Å². The lowest BCUT2D eigenvalue weighted by Crippen LogP contribution is -2.37. The smallest absolute Gasteiger partial charge is 0.290 e. The van der Waals surface area contributed by atoms with Gasteiger partial charge in [-0.3, -0.25) is 9.59 Å². The van der Waals surface area contributed by atoms with E-state index in [4.69, 9.17) is 4.42 Å². The van der Waals surface area contributed by atoms with Gasteiger partial charge >= 0.3 is 0 Å². The molecule has 2 aromatic rings. The number of carbonyl (C=O) groups excluding carboxylic acids is 2. The van der Waals surface area contributed by atoms with Crippen molar-refractivity contribution in [2.75, 3.05) is 26.2 Å². The summed E-state index contributed by atoms with van der Waals surface area (Å²) in [7, 11) is 0. The first-order valence-electron chi connectivity index (χ1n) is 8.75. The van der Waals surface area contributed by atoms with Crippen molar-refractivity contribution in [3.63, 3.8) is 0 Å². The van der Waals surface area contributed by atoms with Crippen LogP contribution in [-0.2, 0) is 4.79 Å². The van der Waals surface area contributed by atoms with Gasteiger partial charge in [0.25, 0.3) is 5.91 Å². The van der Waals surface area contributed by atoms with Crippen LogP contribution in [-0.4, -0.2) is 52.8 Å². The highest BCUT2D eigenvalue weighted by Gasteiger charge is 2.44. The molecule has 6 nitrogen and oxygen atoms in total. The van der Waals surface area contributed by atoms with E-state index in [9.17, 15) is 14.7 Å². The number of hydrogen-bond donors (Lipinski definition) is 1. The first-order chi connectivity index (χ1) is 12.7. The van der Waals surface area contributed by atoms with Gasteiger partial charge in [0.15, 0.2) is 11.5 Å². The summed E-state index contributed by atoms with van der Waals surface area (Å²) >= 11 is 1.47. The van der Waals surface area contributed by atoms with Gasteiger partial charge in [-0.15, -0.1) is 11.3 Å². The van der Waals surface area contributed by atoms with Crippen LogP contribution in [0.15, 0.2) is 51.7 Å². The second-order valence-electron chi connectivity index (χ2n) is 6.53. The largest absolute Gasteiger partial charge is 0.503 e. The monoisotopic (exact) mass is 372 g/mol. The molecule has 0 aliphatic carbocycles. The average molecular weight is 372 g/mol. The number of Topliss-reactive ketones (excluding diaryl/α,β-unsaturated/α-hetero) is 1. The summed E-state index contributed by atoms with van der Waals surface area (Å²) in [4.78, 5) is 30.4. The summed E-state index contributed by atoms with van der Waals surface area (Å²) in [5.41, 5.74) is 0.105. The first kappa shape index (κ1) is 17.1. The summed E-state index contributed by atoms with van der Waals surface area (Å²) in [6, 6.07) is 6.37. The molecule has 2 aromatic heterocycles. The van der Waals surface area contributed by atoms with Crippen LogP contribution < -0.4 is 0 Å². The average Bonchev–Trinajstić information content (AvgIpc) is 3.43. The van der Waals surface area contributed by atoms with Crippen molar-refractivity contribution < 1.29 is 19.1 Å². The maximum absolute atomic E-state index is 12.9. The SMILES string of the molecule is O=C(C1=C(O)C(=O)N(CCN2CCCC2)C1c1cccs1)c1ccco1. The number of aliphatic hydroxyl groups excluding tert-OH is 1. The minimum absolute atomic E-state index is 0.105. The number of thiophene rings is 1. The number of hydrogen-bond acceptors (Lipinski definition) is 6. The lowest BCUT2D eigenvalue weighted by atomic mass is 10.0. The van der Waals surface area contributed by atoms with Crippen LogP contribution in [0.25, 0.3) is 0 Å². The van der Waals surface area contributed by atoms with Crippen molar-refractivity contribution in [2.24, 2.45) is 0 Å². The van der Waals surface area contributed by atoms with E-state index in [0.717, 1.165) is 24.5 Å². The predicted molar refractivity (Wildman–Crippen MR) is 97.1 cm³/mol. The van der Waals surface area contributed by atoms with Crippen LogP contribution in [0.5, 0.6) is 0 Å². The molecule has 0 saturated carbocycles. The van der Waals surface area contributed by atoms with E-state index in [0.29, 0.717) is 6.54 Å². The van der Waals surface area contributed by atoms with Crippen LogP contribution in [0.3, 0.4) is 0 Å². The number of rotatable bonds is 6. The predicted octanol–water partition coefficient (Wildman–Crippen LogP) is 3.02. The molecule has 2 aliphatic rings. The van der Waals surface area contributed by atoms with E-state index in [2.05, 4.69) is 4.90 Å². The molecular formula is C19H20N2O4S. The number of amides is 1. The Bertz CT molecular complexity index is 820. The summed E-state index contributed by atoms with van der Waals surface area (Å²) in [6.07, 6.45) is 3.76. The zero-order valence-corrected chi connectivity index (χ0v) is 15.1. The van der Waals surface area contributed by atoms with Crippen molar-refractivity contribution >= 4 is 23.0 Å². The fraction of sp³-hybridized carbons (Fsp3) is 0.368. The van der Waals surface area contributed by atoms with Crippen LogP contribution >= 0.6 is 11.3 Å².